The molecule has 1 aliphatic rings. The fraction of sp³-hybridized carbons (Fsp3) is 0.333. The van der Waals surface area contributed by atoms with Crippen molar-refractivity contribution in [2.24, 2.45) is 5.16 Å². The Morgan fingerprint density at radius 3 is 3.23 bits per heavy atom. The van der Waals surface area contributed by atoms with Crippen LogP contribution in [-0.4, -0.2) is 24.4 Å². The SMILES string of the molecule is CON=C1COc2cnc(C)cc21. The van der Waals surface area contributed by atoms with E-state index < -0.39 is 0 Å². The number of aromatic nitrogens is 1. The van der Waals surface area contributed by atoms with Crippen LogP contribution in [0.25, 0.3) is 0 Å². The van der Waals surface area contributed by atoms with Crippen molar-refractivity contribution >= 4 is 5.71 Å². The highest BCUT2D eigenvalue weighted by Gasteiger charge is 2.20. The molecule has 0 N–H and O–H groups in total. The average molecular weight is 178 g/mol. The second kappa shape index (κ2) is 3.05. The number of hydrogen-bond donors (Lipinski definition) is 0. The number of ether oxygens (including phenoxy) is 1. The van der Waals surface area contributed by atoms with Crippen molar-refractivity contribution in [3.63, 3.8) is 0 Å². The van der Waals surface area contributed by atoms with Gasteiger partial charge in [0, 0.05) is 11.3 Å². The minimum absolute atomic E-state index is 0.467. The van der Waals surface area contributed by atoms with Gasteiger partial charge in [0.1, 0.15) is 25.2 Å². The monoisotopic (exact) mass is 178 g/mol. The maximum atomic E-state index is 5.35. The summed E-state index contributed by atoms with van der Waals surface area (Å²) in [6, 6.07) is 1.94. The quantitative estimate of drug-likeness (QED) is 0.605. The first-order chi connectivity index (χ1) is 6.31. The van der Waals surface area contributed by atoms with Crippen LogP contribution in [0.2, 0.25) is 0 Å². The van der Waals surface area contributed by atoms with Crippen LogP contribution in [0.3, 0.4) is 0 Å². The Kier molecular flexibility index (Phi) is 1.88. The maximum absolute atomic E-state index is 5.35. The molecule has 0 atom stereocenters. The molecule has 0 amide bonds. The number of hydrogen-bond acceptors (Lipinski definition) is 4. The summed E-state index contributed by atoms with van der Waals surface area (Å²) >= 11 is 0. The Morgan fingerprint density at radius 2 is 2.46 bits per heavy atom. The largest absolute Gasteiger partial charge is 0.485 e. The van der Waals surface area contributed by atoms with Gasteiger partial charge in [-0.05, 0) is 13.0 Å². The van der Waals surface area contributed by atoms with Crippen LogP contribution in [0, 0.1) is 6.92 Å². The molecule has 0 unspecified atom stereocenters. The zero-order valence-electron chi connectivity index (χ0n) is 7.57. The predicted molar refractivity (Wildman–Crippen MR) is 48.0 cm³/mol. The van der Waals surface area contributed by atoms with E-state index in [2.05, 4.69) is 10.1 Å². The second-order valence-electron chi connectivity index (χ2n) is 2.83. The standard InChI is InChI=1S/C9H10N2O2/c1-6-3-7-8(11-12-2)5-13-9(7)4-10-6/h3-4H,5H2,1-2H3. The first-order valence-electron chi connectivity index (χ1n) is 4.01. The highest BCUT2D eigenvalue weighted by atomic mass is 16.6. The minimum Gasteiger partial charge on any atom is -0.485 e. The van der Waals surface area contributed by atoms with Gasteiger partial charge in [0.05, 0.1) is 6.20 Å². The molecule has 1 aromatic heterocycles. The Hall–Kier alpha value is -1.58. The van der Waals surface area contributed by atoms with Gasteiger partial charge in [0.25, 0.3) is 0 Å². The summed E-state index contributed by atoms with van der Waals surface area (Å²) in [7, 11) is 1.53. The third-order valence-electron chi connectivity index (χ3n) is 1.88. The number of fused-ring (bicyclic) bond motifs is 1. The van der Waals surface area contributed by atoms with E-state index in [-0.39, 0.29) is 0 Å². The highest BCUT2D eigenvalue weighted by molar-refractivity contribution is 6.05. The van der Waals surface area contributed by atoms with Crippen molar-refractivity contribution in [1.29, 1.82) is 0 Å². The fourth-order valence-corrected chi connectivity index (χ4v) is 1.30. The van der Waals surface area contributed by atoms with Crippen LogP contribution in [0.15, 0.2) is 17.4 Å². The summed E-state index contributed by atoms with van der Waals surface area (Å²) in [6.07, 6.45) is 1.71. The van der Waals surface area contributed by atoms with Crippen LogP contribution in [0.4, 0.5) is 0 Å². The lowest BCUT2D eigenvalue weighted by atomic mass is 10.1. The smallest absolute Gasteiger partial charge is 0.147 e. The molecule has 4 heteroatoms. The molecule has 68 valence electrons. The Bertz CT molecular complexity index is 361. The summed E-state index contributed by atoms with van der Waals surface area (Å²) in [5, 5.41) is 3.87. The molecule has 13 heavy (non-hydrogen) atoms. The molecule has 1 aromatic rings. The van der Waals surface area contributed by atoms with Gasteiger partial charge in [-0.1, -0.05) is 5.16 Å². The molecular formula is C9H10N2O2. The molecule has 0 saturated carbocycles. The summed E-state index contributed by atoms with van der Waals surface area (Å²) in [6.45, 7) is 2.40. The van der Waals surface area contributed by atoms with E-state index in [0.29, 0.717) is 6.61 Å². The second-order valence-corrected chi connectivity index (χ2v) is 2.83. The van der Waals surface area contributed by atoms with E-state index in [1.165, 1.54) is 7.11 Å². The van der Waals surface area contributed by atoms with Gasteiger partial charge in [-0.2, -0.15) is 0 Å². The van der Waals surface area contributed by atoms with Crippen LogP contribution >= 0.6 is 0 Å². The summed E-state index contributed by atoms with van der Waals surface area (Å²) < 4.78 is 5.35. The first-order valence-corrected chi connectivity index (χ1v) is 4.01. The number of aryl methyl sites for hydroxylation is 1. The minimum atomic E-state index is 0.467. The number of pyridine rings is 1. The average Bonchev–Trinajstić information content (AvgIpc) is 2.49. The summed E-state index contributed by atoms with van der Waals surface area (Å²) in [5.41, 5.74) is 2.76. The number of nitrogens with zero attached hydrogens (tertiary/aromatic N) is 2. The van der Waals surface area contributed by atoms with E-state index >= 15 is 0 Å². The lowest BCUT2D eigenvalue weighted by Gasteiger charge is -1.97. The molecule has 2 heterocycles. The Morgan fingerprint density at radius 1 is 1.62 bits per heavy atom. The van der Waals surface area contributed by atoms with Crippen molar-refractivity contribution in [3.05, 3.63) is 23.5 Å². The molecule has 2 rings (SSSR count). The zero-order chi connectivity index (χ0) is 9.26. The van der Waals surface area contributed by atoms with Crippen LogP contribution in [0.5, 0.6) is 5.75 Å². The first kappa shape index (κ1) is 8.04. The lowest BCUT2D eigenvalue weighted by molar-refractivity contribution is 0.211. The molecule has 0 aromatic carbocycles. The van der Waals surface area contributed by atoms with E-state index in [1.54, 1.807) is 6.20 Å². The third kappa shape index (κ3) is 1.35. The summed E-state index contributed by atoms with van der Waals surface area (Å²) in [4.78, 5) is 8.83. The Labute approximate surface area is 76.2 Å². The van der Waals surface area contributed by atoms with E-state index in [0.717, 1.165) is 22.7 Å². The van der Waals surface area contributed by atoms with E-state index in [4.69, 9.17) is 9.57 Å². The Balaban J connectivity index is 2.46. The topological polar surface area (TPSA) is 43.7 Å². The van der Waals surface area contributed by atoms with Gasteiger partial charge >= 0.3 is 0 Å². The molecule has 0 aliphatic carbocycles. The number of oxime groups is 1. The summed E-state index contributed by atoms with van der Waals surface area (Å²) in [5.74, 6) is 0.779. The van der Waals surface area contributed by atoms with Gasteiger partial charge in [-0.25, -0.2) is 0 Å². The zero-order valence-corrected chi connectivity index (χ0v) is 7.57. The lowest BCUT2D eigenvalue weighted by Crippen LogP contribution is -2.02. The van der Waals surface area contributed by atoms with Crippen molar-refractivity contribution < 1.29 is 9.57 Å². The van der Waals surface area contributed by atoms with Crippen LogP contribution in [-0.2, 0) is 4.84 Å². The molecule has 0 fully saturated rings. The van der Waals surface area contributed by atoms with Gasteiger partial charge in [-0.3, -0.25) is 4.98 Å². The molecule has 0 radical (unpaired) electrons. The van der Waals surface area contributed by atoms with Crippen molar-refractivity contribution in [2.45, 2.75) is 6.92 Å². The maximum Gasteiger partial charge on any atom is 0.147 e. The molecule has 0 bridgehead atoms. The fourth-order valence-electron chi connectivity index (χ4n) is 1.30. The van der Waals surface area contributed by atoms with Gasteiger partial charge < -0.3 is 9.57 Å². The molecule has 0 spiro atoms. The number of rotatable bonds is 1. The highest BCUT2D eigenvalue weighted by Crippen LogP contribution is 2.24. The molecule has 0 saturated heterocycles. The normalized spacial score (nSPS) is 16.9. The molecular weight excluding hydrogens is 168 g/mol. The van der Waals surface area contributed by atoms with E-state index in [9.17, 15) is 0 Å². The molecule has 1 aliphatic heterocycles. The van der Waals surface area contributed by atoms with Gasteiger partial charge in [0.2, 0.25) is 0 Å². The third-order valence-corrected chi connectivity index (χ3v) is 1.88. The predicted octanol–water partition coefficient (Wildman–Crippen LogP) is 1.13. The van der Waals surface area contributed by atoms with Crippen LogP contribution < -0.4 is 4.74 Å². The van der Waals surface area contributed by atoms with E-state index in [1.807, 2.05) is 13.0 Å². The van der Waals surface area contributed by atoms with Crippen molar-refractivity contribution in [3.8, 4) is 5.75 Å². The molecule has 4 nitrogen and oxygen atoms in total. The van der Waals surface area contributed by atoms with Crippen LogP contribution in [0.1, 0.15) is 11.3 Å². The van der Waals surface area contributed by atoms with Crippen molar-refractivity contribution in [1.82, 2.24) is 4.98 Å². The van der Waals surface area contributed by atoms with Gasteiger partial charge in [-0.15, -0.1) is 0 Å². The van der Waals surface area contributed by atoms with Gasteiger partial charge in [0.15, 0.2) is 0 Å². The van der Waals surface area contributed by atoms with Crippen molar-refractivity contribution in [2.75, 3.05) is 13.7 Å².